The predicted octanol–water partition coefficient (Wildman–Crippen LogP) is 4.85. The molecule has 1 N–H and O–H groups in total. The fourth-order valence-electron chi connectivity index (χ4n) is 3.14. The molecule has 118 valence electrons. The van der Waals surface area contributed by atoms with Gasteiger partial charge in [0.25, 0.3) is 0 Å². The van der Waals surface area contributed by atoms with E-state index >= 15 is 0 Å². The second kappa shape index (κ2) is 7.02. The number of hydrogen-bond donors (Lipinski definition) is 1. The third kappa shape index (κ3) is 4.37. The highest BCUT2D eigenvalue weighted by Gasteiger charge is 2.29. The van der Waals surface area contributed by atoms with Crippen molar-refractivity contribution in [2.45, 2.75) is 59.0 Å². The van der Waals surface area contributed by atoms with E-state index in [4.69, 9.17) is 11.6 Å². The van der Waals surface area contributed by atoms with Gasteiger partial charge in [-0.15, -0.1) is 0 Å². The number of nitrogens with one attached hydrogen (secondary N) is 1. The van der Waals surface area contributed by atoms with E-state index in [2.05, 4.69) is 56.2 Å². The van der Waals surface area contributed by atoms with Crippen LogP contribution in [0.25, 0.3) is 0 Å². The maximum Gasteiger partial charge on any atom is 0.0471 e. The number of nitrogens with zero attached hydrogens (tertiary/aromatic N) is 1. The highest BCUT2D eigenvalue weighted by molar-refractivity contribution is 6.31. The normalized spacial score (nSPS) is 18.7. The Morgan fingerprint density at radius 3 is 2.52 bits per heavy atom. The van der Waals surface area contributed by atoms with E-state index in [0.717, 1.165) is 18.1 Å². The number of benzene rings is 1. The molecule has 0 atom stereocenters. The van der Waals surface area contributed by atoms with Crippen LogP contribution in [0.3, 0.4) is 0 Å². The second-order valence-corrected chi connectivity index (χ2v) is 7.47. The molecule has 2 nitrogen and oxygen atoms in total. The highest BCUT2D eigenvalue weighted by atomic mass is 35.5. The highest BCUT2D eigenvalue weighted by Crippen LogP contribution is 2.38. The molecule has 0 saturated heterocycles. The minimum atomic E-state index is 0.519. The topological polar surface area (TPSA) is 15.3 Å². The summed E-state index contributed by atoms with van der Waals surface area (Å²) >= 11 is 6.43. The summed E-state index contributed by atoms with van der Waals surface area (Å²) < 4.78 is 0. The van der Waals surface area contributed by atoms with Gasteiger partial charge in [-0.1, -0.05) is 38.4 Å². The Balaban J connectivity index is 2.03. The van der Waals surface area contributed by atoms with Crippen molar-refractivity contribution in [3.63, 3.8) is 0 Å². The molecular formula is C18H29ClN2. The SMILES string of the molecule is CCNCc1ccc(N(C)C2CCC(C)(C)CC2)cc1Cl. The first-order valence-corrected chi connectivity index (χ1v) is 8.53. The summed E-state index contributed by atoms with van der Waals surface area (Å²) in [4.78, 5) is 2.41. The van der Waals surface area contributed by atoms with Crippen molar-refractivity contribution < 1.29 is 0 Å². The fourth-order valence-corrected chi connectivity index (χ4v) is 3.38. The lowest BCUT2D eigenvalue weighted by atomic mass is 9.75. The molecule has 1 fully saturated rings. The van der Waals surface area contributed by atoms with Crippen molar-refractivity contribution in [1.29, 1.82) is 0 Å². The van der Waals surface area contributed by atoms with Crippen LogP contribution < -0.4 is 10.2 Å². The lowest BCUT2D eigenvalue weighted by Gasteiger charge is -2.39. The van der Waals surface area contributed by atoms with Crippen molar-refractivity contribution in [3.8, 4) is 0 Å². The fraction of sp³-hybridized carbons (Fsp3) is 0.667. The molecule has 1 aliphatic carbocycles. The second-order valence-electron chi connectivity index (χ2n) is 7.06. The summed E-state index contributed by atoms with van der Waals surface area (Å²) in [5, 5.41) is 4.20. The number of rotatable bonds is 5. The molecule has 1 aliphatic rings. The molecule has 0 heterocycles. The van der Waals surface area contributed by atoms with Crippen LogP contribution in [0.1, 0.15) is 52.0 Å². The lowest BCUT2D eigenvalue weighted by Crippen LogP contribution is -2.37. The third-order valence-electron chi connectivity index (χ3n) is 4.87. The van der Waals surface area contributed by atoms with Gasteiger partial charge in [0.05, 0.1) is 0 Å². The van der Waals surface area contributed by atoms with Gasteiger partial charge in [-0.25, -0.2) is 0 Å². The van der Waals surface area contributed by atoms with E-state index in [1.165, 1.54) is 36.9 Å². The first kappa shape index (κ1) is 16.6. The standard InChI is InChI=1S/C18H29ClN2/c1-5-20-13-14-6-7-16(12-17(14)19)21(4)15-8-10-18(2,3)11-9-15/h6-7,12,15,20H,5,8-11,13H2,1-4H3. The van der Waals surface area contributed by atoms with Crippen LogP contribution in [-0.2, 0) is 6.54 Å². The van der Waals surface area contributed by atoms with Crippen molar-refractivity contribution >= 4 is 17.3 Å². The Morgan fingerprint density at radius 2 is 1.95 bits per heavy atom. The Kier molecular flexibility index (Phi) is 5.56. The van der Waals surface area contributed by atoms with E-state index in [0.29, 0.717) is 11.5 Å². The first-order chi connectivity index (χ1) is 9.93. The monoisotopic (exact) mass is 308 g/mol. The Hall–Kier alpha value is -0.730. The van der Waals surface area contributed by atoms with Crippen LogP contribution in [0.4, 0.5) is 5.69 Å². The van der Waals surface area contributed by atoms with E-state index < -0.39 is 0 Å². The van der Waals surface area contributed by atoms with Crippen molar-refractivity contribution in [2.24, 2.45) is 5.41 Å². The predicted molar refractivity (Wildman–Crippen MR) is 93.3 cm³/mol. The molecular weight excluding hydrogens is 280 g/mol. The lowest BCUT2D eigenvalue weighted by molar-refractivity contribution is 0.222. The third-order valence-corrected chi connectivity index (χ3v) is 5.22. The van der Waals surface area contributed by atoms with Crippen molar-refractivity contribution in [2.75, 3.05) is 18.5 Å². The summed E-state index contributed by atoms with van der Waals surface area (Å²) in [5.74, 6) is 0. The van der Waals surface area contributed by atoms with Crippen LogP contribution in [-0.4, -0.2) is 19.6 Å². The Morgan fingerprint density at radius 1 is 1.29 bits per heavy atom. The molecule has 1 aromatic carbocycles. The average molecular weight is 309 g/mol. The molecule has 0 spiro atoms. The number of halogens is 1. The van der Waals surface area contributed by atoms with E-state index in [-0.39, 0.29) is 0 Å². The van der Waals surface area contributed by atoms with E-state index in [1.807, 2.05) is 0 Å². The van der Waals surface area contributed by atoms with Gasteiger partial charge in [0.15, 0.2) is 0 Å². The summed E-state index contributed by atoms with van der Waals surface area (Å²) in [6, 6.07) is 7.13. The largest absolute Gasteiger partial charge is 0.372 e. The van der Waals surface area contributed by atoms with Crippen molar-refractivity contribution in [3.05, 3.63) is 28.8 Å². The molecule has 1 aromatic rings. The quantitative estimate of drug-likeness (QED) is 0.836. The maximum absolute atomic E-state index is 6.43. The molecule has 0 aromatic heterocycles. The average Bonchev–Trinajstić information content (AvgIpc) is 2.45. The first-order valence-electron chi connectivity index (χ1n) is 8.15. The summed E-state index contributed by atoms with van der Waals surface area (Å²) in [6.45, 7) is 8.69. The molecule has 3 heteroatoms. The van der Waals surface area contributed by atoms with Gasteiger partial charge in [0, 0.05) is 30.3 Å². The van der Waals surface area contributed by atoms with Gasteiger partial charge in [-0.2, -0.15) is 0 Å². The van der Waals surface area contributed by atoms with Crippen LogP contribution in [0.2, 0.25) is 5.02 Å². The van der Waals surface area contributed by atoms with Crippen LogP contribution in [0.5, 0.6) is 0 Å². The van der Waals surface area contributed by atoms with Crippen molar-refractivity contribution in [1.82, 2.24) is 5.32 Å². The van der Waals surface area contributed by atoms with Gasteiger partial charge in [-0.05, 0) is 55.3 Å². The zero-order valence-electron chi connectivity index (χ0n) is 13.9. The zero-order valence-corrected chi connectivity index (χ0v) is 14.6. The van der Waals surface area contributed by atoms with Gasteiger partial charge in [-0.3, -0.25) is 0 Å². The number of hydrogen-bond acceptors (Lipinski definition) is 2. The minimum absolute atomic E-state index is 0.519. The number of anilines is 1. The molecule has 0 radical (unpaired) electrons. The molecule has 1 saturated carbocycles. The van der Waals surface area contributed by atoms with E-state index in [1.54, 1.807) is 0 Å². The Labute approximate surface area is 134 Å². The maximum atomic E-state index is 6.43. The van der Waals surface area contributed by atoms with E-state index in [9.17, 15) is 0 Å². The van der Waals surface area contributed by atoms with Gasteiger partial charge in [0.2, 0.25) is 0 Å². The molecule has 2 rings (SSSR count). The molecule has 0 bridgehead atoms. The van der Waals surface area contributed by atoms with Gasteiger partial charge >= 0.3 is 0 Å². The smallest absolute Gasteiger partial charge is 0.0471 e. The molecule has 0 unspecified atom stereocenters. The summed E-state index contributed by atoms with van der Waals surface area (Å²) in [5.41, 5.74) is 2.94. The Bertz CT molecular complexity index is 460. The van der Waals surface area contributed by atoms with Gasteiger partial charge < -0.3 is 10.2 Å². The zero-order chi connectivity index (χ0) is 15.5. The molecule has 0 aliphatic heterocycles. The molecule has 0 amide bonds. The molecule has 21 heavy (non-hydrogen) atoms. The van der Waals surface area contributed by atoms with Crippen LogP contribution in [0, 0.1) is 5.41 Å². The van der Waals surface area contributed by atoms with Crippen LogP contribution >= 0.6 is 11.6 Å². The van der Waals surface area contributed by atoms with Crippen LogP contribution in [0.15, 0.2) is 18.2 Å². The summed E-state index contributed by atoms with van der Waals surface area (Å²) in [7, 11) is 2.21. The summed E-state index contributed by atoms with van der Waals surface area (Å²) in [6.07, 6.45) is 5.18. The minimum Gasteiger partial charge on any atom is -0.372 e. The van der Waals surface area contributed by atoms with Gasteiger partial charge in [0.1, 0.15) is 0 Å².